The summed E-state index contributed by atoms with van der Waals surface area (Å²) in [6.07, 6.45) is 0. The zero-order valence-electron chi connectivity index (χ0n) is 30.1. The van der Waals surface area contributed by atoms with Gasteiger partial charge in [0.25, 0.3) is 0 Å². The van der Waals surface area contributed by atoms with E-state index < -0.39 is 0 Å². The lowest BCUT2D eigenvalue weighted by atomic mass is 9.82. The van der Waals surface area contributed by atoms with Crippen LogP contribution >= 0.6 is 0 Å². The summed E-state index contributed by atoms with van der Waals surface area (Å²) in [6, 6.07) is 54.1. The van der Waals surface area contributed by atoms with Gasteiger partial charge in [0.2, 0.25) is 0 Å². The SMILES string of the molecule is CC1(C)c2ccccc2-c2c1ccc1c2c2ccccc2n1-c1c(C#N)cc(-c2nc(-c3ccccc3)nc(-c3ccccc3)n2)c2c1oc1ccccc12. The molecule has 11 rings (SSSR count). The summed E-state index contributed by atoms with van der Waals surface area (Å²) in [5.41, 5.74) is 11.9. The highest BCUT2D eigenvalue weighted by molar-refractivity contribution is 6.20. The molecule has 3 heterocycles. The van der Waals surface area contributed by atoms with Gasteiger partial charge in [-0.2, -0.15) is 5.26 Å². The van der Waals surface area contributed by atoms with Crippen molar-refractivity contribution in [1.29, 1.82) is 5.26 Å². The average Bonchev–Trinajstić information content (AvgIpc) is 3.86. The molecule has 0 amide bonds. The van der Waals surface area contributed by atoms with Crippen LogP contribution in [0.25, 0.3) is 94.7 Å². The molecular weight excluding hydrogens is 675 g/mol. The maximum absolute atomic E-state index is 11.1. The molecule has 55 heavy (non-hydrogen) atoms. The minimum Gasteiger partial charge on any atom is -0.454 e. The van der Waals surface area contributed by atoms with Crippen molar-refractivity contribution in [3.8, 4) is 57.0 Å². The van der Waals surface area contributed by atoms with Crippen molar-refractivity contribution in [1.82, 2.24) is 19.5 Å². The van der Waals surface area contributed by atoms with E-state index in [1.165, 1.54) is 27.6 Å². The van der Waals surface area contributed by atoms with Gasteiger partial charge in [-0.1, -0.05) is 141 Å². The van der Waals surface area contributed by atoms with Crippen LogP contribution in [0.4, 0.5) is 0 Å². The maximum atomic E-state index is 11.1. The Bertz CT molecular complexity index is 3180. The number of hydrogen-bond acceptors (Lipinski definition) is 5. The Hall–Kier alpha value is -7.36. The second-order valence-corrected chi connectivity index (χ2v) is 14.7. The molecule has 0 saturated heterocycles. The third-order valence-electron chi connectivity index (χ3n) is 11.3. The smallest absolute Gasteiger partial charge is 0.164 e. The summed E-state index contributed by atoms with van der Waals surface area (Å²) in [5, 5.41) is 15.2. The molecular formula is C49H31N5O. The molecule has 0 saturated carbocycles. The Morgan fingerprint density at radius 1 is 0.564 bits per heavy atom. The third-order valence-corrected chi connectivity index (χ3v) is 11.3. The normalized spacial score (nSPS) is 13.0. The van der Waals surface area contributed by atoms with Crippen LogP contribution in [0.2, 0.25) is 0 Å². The molecule has 10 aromatic rings. The molecule has 0 atom stereocenters. The Morgan fingerprint density at radius 2 is 1.18 bits per heavy atom. The van der Waals surface area contributed by atoms with Crippen LogP contribution in [0.1, 0.15) is 30.5 Å². The molecule has 3 aromatic heterocycles. The second kappa shape index (κ2) is 11.6. The molecule has 0 bridgehead atoms. The first-order valence-corrected chi connectivity index (χ1v) is 18.4. The van der Waals surface area contributed by atoms with E-state index in [4.69, 9.17) is 19.4 Å². The predicted molar refractivity (Wildman–Crippen MR) is 220 cm³/mol. The van der Waals surface area contributed by atoms with Gasteiger partial charge in [-0.15, -0.1) is 0 Å². The van der Waals surface area contributed by atoms with E-state index in [9.17, 15) is 5.26 Å². The van der Waals surface area contributed by atoms with Crippen molar-refractivity contribution in [3.63, 3.8) is 0 Å². The Balaban J connectivity index is 1.26. The van der Waals surface area contributed by atoms with E-state index in [1.807, 2.05) is 84.9 Å². The van der Waals surface area contributed by atoms with Crippen molar-refractivity contribution in [2.24, 2.45) is 0 Å². The van der Waals surface area contributed by atoms with Crippen molar-refractivity contribution in [2.75, 3.05) is 0 Å². The van der Waals surface area contributed by atoms with Crippen LogP contribution in [0.15, 0.2) is 156 Å². The van der Waals surface area contributed by atoms with Gasteiger partial charge >= 0.3 is 0 Å². The van der Waals surface area contributed by atoms with Crippen LogP contribution in [0.3, 0.4) is 0 Å². The molecule has 7 aromatic carbocycles. The molecule has 1 aliphatic rings. The minimum absolute atomic E-state index is 0.156. The summed E-state index contributed by atoms with van der Waals surface area (Å²) < 4.78 is 9.10. The number of furan rings is 1. The van der Waals surface area contributed by atoms with E-state index >= 15 is 0 Å². The van der Waals surface area contributed by atoms with Gasteiger partial charge in [0.1, 0.15) is 17.3 Å². The summed E-state index contributed by atoms with van der Waals surface area (Å²) in [4.78, 5) is 15.1. The first-order chi connectivity index (χ1) is 27.0. The van der Waals surface area contributed by atoms with Gasteiger partial charge in [0.05, 0.1) is 16.6 Å². The summed E-state index contributed by atoms with van der Waals surface area (Å²) in [6.45, 7) is 4.61. The standard InChI is InChI=1S/C49H31N5O/c1-49(2)36-22-12-9-19-32(36)42-37(49)25-26-39-43(42)33-20-10-13-23-38(33)54(39)44-31(28-50)27-35(41-34-21-11-14-24-40(34)55-45(41)44)48-52-46(29-15-5-3-6-16-29)51-47(53-48)30-17-7-4-8-18-30/h3-27H,1-2H3. The van der Waals surface area contributed by atoms with Crippen LogP contribution < -0.4 is 0 Å². The topological polar surface area (TPSA) is 80.5 Å². The molecule has 0 fully saturated rings. The fraction of sp³-hybridized carbons (Fsp3) is 0.0612. The van der Waals surface area contributed by atoms with Crippen LogP contribution in [0, 0.1) is 11.3 Å². The first kappa shape index (κ1) is 31.2. The van der Waals surface area contributed by atoms with E-state index in [-0.39, 0.29) is 5.41 Å². The Kier molecular flexibility index (Phi) is 6.56. The number of nitrogens with zero attached hydrogens (tertiary/aromatic N) is 5. The number of fused-ring (bicyclic) bond motifs is 10. The predicted octanol–water partition coefficient (Wildman–Crippen LogP) is 12.0. The number of rotatable bonds is 4. The van der Waals surface area contributed by atoms with Crippen molar-refractivity contribution >= 4 is 43.7 Å². The lowest BCUT2D eigenvalue weighted by Crippen LogP contribution is -2.14. The van der Waals surface area contributed by atoms with Crippen molar-refractivity contribution in [3.05, 3.63) is 168 Å². The summed E-state index contributed by atoms with van der Waals surface area (Å²) >= 11 is 0. The molecule has 0 N–H and O–H groups in total. The van der Waals surface area contributed by atoms with Gasteiger partial charge in [-0.25, -0.2) is 15.0 Å². The molecule has 258 valence electrons. The number of nitriles is 1. The Labute approximate surface area is 316 Å². The maximum Gasteiger partial charge on any atom is 0.164 e. The van der Waals surface area contributed by atoms with Gasteiger partial charge in [-0.3, -0.25) is 0 Å². The fourth-order valence-electron chi connectivity index (χ4n) is 8.79. The van der Waals surface area contributed by atoms with E-state index in [0.29, 0.717) is 45.5 Å². The lowest BCUT2D eigenvalue weighted by Gasteiger charge is -2.21. The Morgan fingerprint density at radius 3 is 1.91 bits per heavy atom. The third kappa shape index (κ3) is 4.44. The van der Waals surface area contributed by atoms with Crippen LogP contribution in [-0.4, -0.2) is 19.5 Å². The molecule has 0 aliphatic heterocycles. The molecule has 0 spiro atoms. The number of benzene rings is 7. The van der Waals surface area contributed by atoms with Gasteiger partial charge in [0, 0.05) is 43.7 Å². The molecule has 6 nitrogen and oxygen atoms in total. The van der Waals surface area contributed by atoms with Crippen LogP contribution in [0.5, 0.6) is 0 Å². The zero-order valence-corrected chi connectivity index (χ0v) is 30.1. The lowest BCUT2D eigenvalue weighted by molar-refractivity contribution is 0.660. The highest BCUT2D eigenvalue weighted by Crippen LogP contribution is 2.54. The average molecular weight is 706 g/mol. The number of para-hydroxylation sites is 2. The number of aromatic nitrogens is 4. The number of hydrogen-bond donors (Lipinski definition) is 0. The highest BCUT2D eigenvalue weighted by Gasteiger charge is 2.37. The van der Waals surface area contributed by atoms with E-state index in [2.05, 4.69) is 91.2 Å². The first-order valence-electron chi connectivity index (χ1n) is 18.4. The fourth-order valence-corrected chi connectivity index (χ4v) is 8.79. The molecule has 0 unspecified atom stereocenters. The second-order valence-electron chi connectivity index (χ2n) is 14.7. The van der Waals surface area contributed by atoms with E-state index in [0.717, 1.165) is 38.3 Å². The monoisotopic (exact) mass is 705 g/mol. The highest BCUT2D eigenvalue weighted by atomic mass is 16.3. The van der Waals surface area contributed by atoms with Gasteiger partial charge in [0.15, 0.2) is 23.1 Å². The van der Waals surface area contributed by atoms with Gasteiger partial charge in [-0.05, 0) is 46.5 Å². The quantitative estimate of drug-likeness (QED) is 0.182. The molecule has 0 radical (unpaired) electrons. The van der Waals surface area contributed by atoms with Crippen molar-refractivity contribution < 1.29 is 4.42 Å². The largest absolute Gasteiger partial charge is 0.454 e. The molecule has 1 aliphatic carbocycles. The zero-order chi connectivity index (χ0) is 36.8. The van der Waals surface area contributed by atoms with Crippen LogP contribution in [-0.2, 0) is 5.41 Å². The van der Waals surface area contributed by atoms with E-state index in [1.54, 1.807) is 0 Å². The summed E-state index contributed by atoms with van der Waals surface area (Å²) in [5.74, 6) is 1.56. The van der Waals surface area contributed by atoms with Gasteiger partial charge < -0.3 is 8.98 Å². The van der Waals surface area contributed by atoms with Crippen molar-refractivity contribution in [2.45, 2.75) is 19.3 Å². The summed E-state index contributed by atoms with van der Waals surface area (Å²) in [7, 11) is 0. The molecule has 6 heteroatoms. The minimum atomic E-state index is -0.156.